The summed E-state index contributed by atoms with van der Waals surface area (Å²) < 4.78 is 12.9. The molecule has 1 aliphatic rings. The summed E-state index contributed by atoms with van der Waals surface area (Å²) in [6.07, 6.45) is 2.38. The fourth-order valence-electron chi connectivity index (χ4n) is 3.82. The summed E-state index contributed by atoms with van der Waals surface area (Å²) in [4.78, 5) is 20.8. The molecule has 0 saturated carbocycles. The zero-order valence-corrected chi connectivity index (χ0v) is 18.7. The van der Waals surface area contributed by atoms with Crippen LogP contribution in [0.3, 0.4) is 0 Å². The van der Waals surface area contributed by atoms with E-state index in [-0.39, 0.29) is 12.1 Å². The van der Waals surface area contributed by atoms with Crippen molar-refractivity contribution < 1.29 is 14.3 Å². The monoisotopic (exact) mass is 423 g/mol. The van der Waals surface area contributed by atoms with Gasteiger partial charge in [0.05, 0.1) is 25.0 Å². The van der Waals surface area contributed by atoms with Crippen molar-refractivity contribution in [2.45, 2.75) is 38.8 Å². The smallest absolute Gasteiger partial charge is 0.410 e. The van der Waals surface area contributed by atoms with Crippen molar-refractivity contribution in [2.24, 2.45) is 0 Å². The standard InChI is InChI=1S/C23H29N5O3/c1-23(2,3)31-22(29)26(4)16-12-13-27(15-16)21-11-10-20-24-14-18(28(20)25-21)17-8-6-7-9-19(17)30-5/h6-11,14,16H,12-13,15H2,1-5H3. The van der Waals surface area contributed by atoms with Crippen LogP contribution in [0.4, 0.5) is 10.6 Å². The Morgan fingerprint density at radius 2 is 1.97 bits per heavy atom. The van der Waals surface area contributed by atoms with Crippen LogP contribution in [0.5, 0.6) is 5.75 Å². The molecule has 8 nitrogen and oxygen atoms in total. The lowest BCUT2D eigenvalue weighted by atomic mass is 10.1. The molecule has 0 radical (unpaired) electrons. The molecule has 1 aliphatic heterocycles. The number of carbonyl (C=O) groups is 1. The number of benzene rings is 1. The van der Waals surface area contributed by atoms with E-state index in [1.54, 1.807) is 19.1 Å². The maximum atomic E-state index is 12.4. The van der Waals surface area contributed by atoms with E-state index in [1.807, 2.05) is 67.9 Å². The topological polar surface area (TPSA) is 72.2 Å². The van der Waals surface area contributed by atoms with Crippen LogP contribution in [0.15, 0.2) is 42.6 Å². The van der Waals surface area contributed by atoms with Gasteiger partial charge in [0.15, 0.2) is 5.65 Å². The van der Waals surface area contributed by atoms with Gasteiger partial charge >= 0.3 is 6.09 Å². The fourth-order valence-corrected chi connectivity index (χ4v) is 3.82. The maximum absolute atomic E-state index is 12.4. The third-order valence-corrected chi connectivity index (χ3v) is 5.45. The fraction of sp³-hybridized carbons (Fsp3) is 0.435. The second-order valence-electron chi connectivity index (χ2n) is 8.79. The average molecular weight is 424 g/mol. The van der Waals surface area contributed by atoms with Gasteiger partial charge in [0.25, 0.3) is 0 Å². The largest absolute Gasteiger partial charge is 0.496 e. The van der Waals surface area contributed by atoms with Crippen molar-refractivity contribution in [1.29, 1.82) is 0 Å². The second kappa shape index (κ2) is 8.09. The van der Waals surface area contributed by atoms with E-state index in [2.05, 4.69) is 9.88 Å². The molecule has 2 aromatic heterocycles. The third-order valence-electron chi connectivity index (χ3n) is 5.45. The van der Waals surface area contributed by atoms with Gasteiger partial charge in [0.1, 0.15) is 17.2 Å². The Labute approximate surface area is 182 Å². The highest BCUT2D eigenvalue weighted by Gasteiger charge is 2.31. The molecule has 0 aliphatic carbocycles. The van der Waals surface area contributed by atoms with Crippen molar-refractivity contribution in [2.75, 3.05) is 32.1 Å². The number of fused-ring (bicyclic) bond motifs is 1. The van der Waals surface area contributed by atoms with Gasteiger partial charge in [-0.15, -0.1) is 5.10 Å². The van der Waals surface area contributed by atoms with Crippen LogP contribution >= 0.6 is 0 Å². The number of aromatic nitrogens is 3. The number of carbonyl (C=O) groups excluding carboxylic acids is 1. The molecule has 1 unspecified atom stereocenters. The van der Waals surface area contributed by atoms with Gasteiger partial charge in [-0.25, -0.2) is 14.3 Å². The molecule has 1 fully saturated rings. The van der Waals surface area contributed by atoms with Crippen LogP contribution in [0.25, 0.3) is 16.9 Å². The molecule has 8 heteroatoms. The molecule has 1 aromatic carbocycles. The molecule has 3 aromatic rings. The number of methoxy groups -OCH3 is 1. The summed E-state index contributed by atoms with van der Waals surface area (Å²) >= 11 is 0. The summed E-state index contributed by atoms with van der Waals surface area (Å²) in [7, 11) is 3.46. The van der Waals surface area contributed by atoms with Crippen molar-refractivity contribution in [3.05, 3.63) is 42.6 Å². The Balaban J connectivity index is 1.56. The lowest BCUT2D eigenvalue weighted by molar-refractivity contribution is 0.0238. The molecule has 0 N–H and O–H groups in total. The maximum Gasteiger partial charge on any atom is 0.410 e. The first-order valence-corrected chi connectivity index (χ1v) is 10.5. The summed E-state index contributed by atoms with van der Waals surface area (Å²) in [5.74, 6) is 1.62. The van der Waals surface area contributed by atoms with Crippen LogP contribution in [0.1, 0.15) is 27.2 Å². The molecule has 0 spiro atoms. The summed E-state index contributed by atoms with van der Waals surface area (Å²) in [5, 5.41) is 4.86. The number of amides is 1. The van der Waals surface area contributed by atoms with E-state index in [1.165, 1.54) is 0 Å². The van der Waals surface area contributed by atoms with Crippen LogP contribution in [-0.4, -0.2) is 64.5 Å². The molecular weight excluding hydrogens is 394 g/mol. The molecule has 164 valence electrons. The van der Waals surface area contributed by atoms with Gasteiger partial charge in [-0.2, -0.15) is 0 Å². The van der Waals surface area contributed by atoms with E-state index in [0.717, 1.165) is 41.4 Å². The molecular formula is C23H29N5O3. The number of hydrogen-bond donors (Lipinski definition) is 0. The summed E-state index contributed by atoms with van der Waals surface area (Å²) in [6.45, 7) is 7.15. The Bertz CT molecular complexity index is 1090. The summed E-state index contributed by atoms with van der Waals surface area (Å²) in [5.41, 5.74) is 2.07. The Kier molecular flexibility index (Phi) is 5.47. The van der Waals surface area contributed by atoms with Crippen LogP contribution in [0.2, 0.25) is 0 Å². The van der Waals surface area contributed by atoms with Gasteiger partial charge < -0.3 is 19.3 Å². The van der Waals surface area contributed by atoms with Crippen molar-refractivity contribution in [3.63, 3.8) is 0 Å². The number of nitrogens with zero attached hydrogens (tertiary/aromatic N) is 5. The van der Waals surface area contributed by atoms with E-state index in [0.29, 0.717) is 6.54 Å². The Hall–Kier alpha value is -3.29. The molecule has 4 rings (SSSR count). The molecule has 1 amide bonds. The van der Waals surface area contributed by atoms with Gasteiger partial charge in [-0.3, -0.25) is 0 Å². The number of ether oxygens (including phenoxy) is 2. The number of anilines is 1. The SMILES string of the molecule is COc1ccccc1-c1cnc2ccc(N3CCC(N(C)C(=O)OC(C)(C)C)C3)nn12. The second-order valence-corrected chi connectivity index (χ2v) is 8.79. The Morgan fingerprint density at radius 3 is 2.71 bits per heavy atom. The first kappa shape index (κ1) is 21.0. The Morgan fingerprint density at radius 1 is 1.19 bits per heavy atom. The number of likely N-dealkylation sites (N-methyl/N-ethyl adjacent to an activating group) is 1. The number of para-hydroxylation sites is 1. The lowest BCUT2D eigenvalue weighted by Crippen LogP contribution is -2.42. The minimum atomic E-state index is -0.507. The minimum absolute atomic E-state index is 0.0730. The van der Waals surface area contributed by atoms with E-state index >= 15 is 0 Å². The normalized spacial score (nSPS) is 16.5. The highest BCUT2D eigenvalue weighted by molar-refractivity contribution is 5.70. The highest BCUT2D eigenvalue weighted by Crippen LogP contribution is 2.30. The average Bonchev–Trinajstić information content (AvgIpc) is 3.38. The number of imidazole rings is 1. The van der Waals surface area contributed by atoms with Gasteiger partial charge in [-0.05, 0) is 51.5 Å². The zero-order valence-electron chi connectivity index (χ0n) is 18.7. The molecule has 3 heterocycles. The van der Waals surface area contributed by atoms with Crippen LogP contribution in [0, 0.1) is 0 Å². The van der Waals surface area contributed by atoms with Crippen molar-refractivity contribution in [1.82, 2.24) is 19.5 Å². The van der Waals surface area contributed by atoms with Gasteiger partial charge in [0, 0.05) is 25.7 Å². The number of hydrogen-bond acceptors (Lipinski definition) is 6. The third kappa shape index (κ3) is 4.28. The van der Waals surface area contributed by atoms with Crippen molar-refractivity contribution >= 4 is 17.6 Å². The predicted molar refractivity (Wildman–Crippen MR) is 120 cm³/mol. The van der Waals surface area contributed by atoms with Gasteiger partial charge in [-0.1, -0.05) is 12.1 Å². The van der Waals surface area contributed by atoms with Crippen molar-refractivity contribution in [3.8, 4) is 17.0 Å². The lowest BCUT2D eigenvalue weighted by Gasteiger charge is -2.28. The number of rotatable bonds is 4. The predicted octanol–water partition coefficient (Wildman–Crippen LogP) is 3.85. The van der Waals surface area contributed by atoms with Crippen LogP contribution in [-0.2, 0) is 4.74 Å². The van der Waals surface area contributed by atoms with Crippen LogP contribution < -0.4 is 9.64 Å². The quantitative estimate of drug-likeness (QED) is 0.635. The molecule has 0 bridgehead atoms. The first-order chi connectivity index (χ1) is 14.8. The molecule has 1 saturated heterocycles. The molecule has 31 heavy (non-hydrogen) atoms. The minimum Gasteiger partial charge on any atom is -0.496 e. The zero-order chi connectivity index (χ0) is 22.2. The summed E-state index contributed by atoms with van der Waals surface area (Å²) in [6, 6.07) is 11.9. The van der Waals surface area contributed by atoms with E-state index in [4.69, 9.17) is 14.6 Å². The van der Waals surface area contributed by atoms with Gasteiger partial charge in [0.2, 0.25) is 0 Å². The van der Waals surface area contributed by atoms with E-state index in [9.17, 15) is 4.79 Å². The highest BCUT2D eigenvalue weighted by atomic mass is 16.6. The molecule has 1 atom stereocenters. The first-order valence-electron chi connectivity index (χ1n) is 10.5. The van der Waals surface area contributed by atoms with E-state index < -0.39 is 5.60 Å².